The largest absolute Gasteiger partial charge is 0.467 e. The van der Waals surface area contributed by atoms with Crippen LogP contribution >= 0.6 is 11.6 Å². The summed E-state index contributed by atoms with van der Waals surface area (Å²) in [5.74, 6) is 0.218. The Morgan fingerprint density at radius 1 is 1.57 bits per heavy atom. The molecule has 1 aromatic rings. The molecule has 0 radical (unpaired) electrons. The third-order valence-electron chi connectivity index (χ3n) is 2.92. The highest BCUT2D eigenvalue weighted by Gasteiger charge is 2.19. The number of hydrogen-bond acceptors (Lipinski definition) is 5. The first-order valence-electron chi connectivity index (χ1n) is 6.52. The minimum absolute atomic E-state index is 0.0729. The molecule has 1 aromatic carbocycles. The van der Waals surface area contributed by atoms with Gasteiger partial charge in [0.1, 0.15) is 12.4 Å². The lowest BCUT2D eigenvalue weighted by Crippen LogP contribution is -2.23. The summed E-state index contributed by atoms with van der Waals surface area (Å²) in [5, 5.41) is 0.546. The van der Waals surface area contributed by atoms with Gasteiger partial charge in [0.15, 0.2) is 12.9 Å². The van der Waals surface area contributed by atoms with Crippen molar-refractivity contribution in [3.05, 3.63) is 40.9 Å². The van der Waals surface area contributed by atoms with E-state index in [2.05, 4.69) is 6.58 Å². The van der Waals surface area contributed by atoms with Crippen LogP contribution < -0.4 is 4.74 Å². The maximum atomic E-state index is 11.8. The first-order chi connectivity index (χ1) is 10.1. The van der Waals surface area contributed by atoms with Gasteiger partial charge in [0.2, 0.25) is 0 Å². The quantitative estimate of drug-likeness (QED) is 0.597. The lowest BCUT2D eigenvalue weighted by atomic mass is 10.1. The van der Waals surface area contributed by atoms with Crippen LogP contribution in [-0.2, 0) is 32.2 Å². The Balaban J connectivity index is 2.01. The first kappa shape index (κ1) is 15.8. The summed E-state index contributed by atoms with van der Waals surface area (Å²) >= 11 is 6.04. The predicted molar refractivity (Wildman–Crippen MR) is 77.1 cm³/mol. The van der Waals surface area contributed by atoms with Crippen LogP contribution in [0.25, 0.3) is 0 Å². The van der Waals surface area contributed by atoms with E-state index in [-0.39, 0.29) is 13.4 Å². The van der Waals surface area contributed by atoms with E-state index in [1.165, 1.54) is 0 Å². The van der Waals surface area contributed by atoms with Gasteiger partial charge in [-0.1, -0.05) is 17.7 Å². The Kier molecular flexibility index (Phi) is 5.61. The van der Waals surface area contributed by atoms with Crippen LogP contribution in [0.15, 0.2) is 24.8 Å². The highest BCUT2D eigenvalue weighted by molar-refractivity contribution is 6.30. The zero-order valence-electron chi connectivity index (χ0n) is 11.8. The molecule has 6 heteroatoms. The number of esters is 1. The van der Waals surface area contributed by atoms with Crippen molar-refractivity contribution >= 4 is 17.6 Å². The maximum absolute atomic E-state index is 11.8. The van der Waals surface area contributed by atoms with Crippen molar-refractivity contribution in [3.8, 4) is 5.75 Å². The van der Waals surface area contributed by atoms with E-state index >= 15 is 0 Å². The predicted octanol–water partition coefficient (Wildman–Crippen LogP) is 2.84. The summed E-state index contributed by atoms with van der Waals surface area (Å²) in [5.41, 5.74) is 1.56. The Morgan fingerprint density at radius 3 is 3.14 bits per heavy atom. The molecule has 1 aliphatic rings. The van der Waals surface area contributed by atoms with Crippen LogP contribution in [0.1, 0.15) is 18.1 Å². The van der Waals surface area contributed by atoms with Gasteiger partial charge in [0.25, 0.3) is 0 Å². The Morgan fingerprint density at radius 2 is 2.38 bits per heavy atom. The van der Waals surface area contributed by atoms with Crippen molar-refractivity contribution in [1.29, 1.82) is 0 Å². The zero-order chi connectivity index (χ0) is 15.2. The molecular weight excluding hydrogens is 296 g/mol. The molecule has 1 aliphatic heterocycles. The van der Waals surface area contributed by atoms with Gasteiger partial charge in [0, 0.05) is 16.1 Å². The summed E-state index contributed by atoms with van der Waals surface area (Å²) < 4.78 is 21.1. The molecule has 5 nitrogen and oxygen atoms in total. The van der Waals surface area contributed by atoms with E-state index in [1.807, 2.05) is 0 Å². The molecule has 0 saturated heterocycles. The maximum Gasteiger partial charge on any atom is 0.335 e. The highest BCUT2D eigenvalue weighted by atomic mass is 35.5. The number of benzene rings is 1. The average molecular weight is 313 g/mol. The van der Waals surface area contributed by atoms with Gasteiger partial charge in [-0.15, -0.1) is 6.58 Å². The zero-order valence-corrected chi connectivity index (χ0v) is 12.5. The minimum atomic E-state index is -0.651. The molecule has 0 spiro atoms. The second-order valence-electron chi connectivity index (χ2n) is 4.54. The van der Waals surface area contributed by atoms with E-state index < -0.39 is 12.1 Å². The van der Waals surface area contributed by atoms with Gasteiger partial charge in [-0.05, 0) is 19.1 Å². The van der Waals surface area contributed by atoms with Gasteiger partial charge in [-0.25, -0.2) is 4.79 Å². The average Bonchev–Trinajstić information content (AvgIpc) is 2.49. The molecule has 0 saturated carbocycles. The minimum Gasteiger partial charge on any atom is -0.467 e. The lowest BCUT2D eigenvalue weighted by molar-refractivity contribution is -0.156. The van der Waals surface area contributed by atoms with Gasteiger partial charge >= 0.3 is 5.97 Å². The van der Waals surface area contributed by atoms with Crippen LogP contribution in [0.3, 0.4) is 0 Å². The standard InChI is InChI=1S/C15H17ClO5/c1-3-4-19-10(2)15(17)20-8-12-6-13(16)5-11-7-18-9-21-14(11)12/h3,5-6,10H,1,4,7-9H2,2H3. The molecule has 0 fully saturated rings. The SMILES string of the molecule is C=CCOC(C)C(=O)OCc1cc(Cl)cc2c1OCOC2. The molecule has 0 aliphatic carbocycles. The molecule has 0 amide bonds. The molecule has 2 rings (SSSR count). The Hall–Kier alpha value is -1.56. The Bertz CT molecular complexity index is 529. The fourth-order valence-corrected chi connectivity index (χ4v) is 2.17. The molecule has 1 unspecified atom stereocenters. The number of carbonyl (C=O) groups excluding carboxylic acids is 1. The lowest BCUT2D eigenvalue weighted by Gasteiger charge is -2.21. The summed E-state index contributed by atoms with van der Waals surface area (Å²) in [6.07, 6.45) is 0.924. The van der Waals surface area contributed by atoms with Crippen LogP contribution in [-0.4, -0.2) is 25.5 Å². The van der Waals surface area contributed by atoms with E-state index in [9.17, 15) is 4.79 Å². The normalized spacial score (nSPS) is 14.8. The molecule has 0 aromatic heterocycles. The van der Waals surface area contributed by atoms with Crippen molar-refractivity contribution in [1.82, 2.24) is 0 Å². The topological polar surface area (TPSA) is 54.0 Å². The smallest absolute Gasteiger partial charge is 0.335 e. The second kappa shape index (κ2) is 7.45. The van der Waals surface area contributed by atoms with Crippen LogP contribution in [0, 0.1) is 0 Å². The molecule has 1 atom stereocenters. The number of hydrogen-bond donors (Lipinski definition) is 0. The molecular formula is C15H17ClO5. The number of fused-ring (bicyclic) bond motifs is 1. The van der Waals surface area contributed by atoms with Crippen LogP contribution in [0.5, 0.6) is 5.75 Å². The van der Waals surface area contributed by atoms with Gasteiger partial charge < -0.3 is 18.9 Å². The molecule has 21 heavy (non-hydrogen) atoms. The molecule has 0 bridgehead atoms. The van der Waals surface area contributed by atoms with Gasteiger partial charge in [0.05, 0.1) is 13.2 Å². The van der Waals surface area contributed by atoms with Crippen molar-refractivity contribution in [2.24, 2.45) is 0 Å². The third-order valence-corrected chi connectivity index (χ3v) is 3.14. The van der Waals surface area contributed by atoms with E-state index in [4.69, 9.17) is 30.5 Å². The van der Waals surface area contributed by atoms with Crippen molar-refractivity contribution < 1.29 is 23.7 Å². The fourth-order valence-electron chi connectivity index (χ4n) is 1.91. The van der Waals surface area contributed by atoms with Crippen molar-refractivity contribution in [2.45, 2.75) is 26.2 Å². The number of carbonyl (C=O) groups is 1. The molecule has 1 heterocycles. The van der Waals surface area contributed by atoms with E-state index in [0.717, 1.165) is 5.56 Å². The fraction of sp³-hybridized carbons (Fsp3) is 0.400. The first-order valence-corrected chi connectivity index (χ1v) is 6.90. The highest BCUT2D eigenvalue weighted by Crippen LogP contribution is 2.32. The van der Waals surface area contributed by atoms with E-state index in [1.54, 1.807) is 25.1 Å². The van der Waals surface area contributed by atoms with Crippen LogP contribution in [0.4, 0.5) is 0 Å². The Labute approximate surface area is 128 Å². The third kappa shape index (κ3) is 4.20. The number of ether oxygens (including phenoxy) is 4. The second-order valence-corrected chi connectivity index (χ2v) is 4.97. The van der Waals surface area contributed by atoms with Gasteiger partial charge in [-0.3, -0.25) is 0 Å². The monoisotopic (exact) mass is 312 g/mol. The number of halogens is 1. The van der Waals surface area contributed by atoms with E-state index in [0.29, 0.717) is 29.5 Å². The summed E-state index contributed by atoms with van der Waals surface area (Å²) in [6.45, 7) is 6.12. The molecule has 114 valence electrons. The molecule has 0 N–H and O–H groups in total. The van der Waals surface area contributed by atoms with Crippen LogP contribution in [0.2, 0.25) is 5.02 Å². The van der Waals surface area contributed by atoms with Crippen molar-refractivity contribution in [2.75, 3.05) is 13.4 Å². The van der Waals surface area contributed by atoms with Gasteiger partial charge in [-0.2, -0.15) is 0 Å². The number of rotatable bonds is 6. The summed E-state index contributed by atoms with van der Waals surface area (Å²) in [4.78, 5) is 11.8. The van der Waals surface area contributed by atoms with Crippen molar-refractivity contribution in [3.63, 3.8) is 0 Å². The summed E-state index contributed by atoms with van der Waals surface area (Å²) in [6, 6.07) is 3.49. The summed E-state index contributed by atoms with van der Waals surface area (Å²) in [7, 11) is 0.